The lowest BCUT2D eigenvalue weighted by atomic mass is 9.95. The molecular formula is C44H22N4O2. The SMILES string of the molecule is c1cc2c3c(c1)ccc1c3c3c4c(ccc3n1-c1nc(-n3c5ccccc5c5ccccc53)c3oc5ccccc5c3n1)oc1cccc-2c14. The van der Waals surface area contributed by atoms with Gasteiger partial charge in [0, 0.05) is 37.7 Å². The van der Waals surface area contributed by atoms with Gasteiger partial charge >= 0.3 is 0 Å². The van der Waals surface area contributed by atoms with Crippen LogP contribution in [0.2, 0.25) is 0 Å². The molecule has 50 heavy (non-hydrogen) atoms. The summed E-state index contributed by atoms with van der Waals surface area (Å²) in [5, 5.41) is 10.4. The minimum atomic E-state index is 0.589. The van der Waals surface area contributed by atoms with Gasteiger partial charge in [0.1, 0.15) is 22.3 Å². The summed E-state index contributed by atoms with van der Waals surface area (Å²) in [7, 11) is 0. The summed E-state index contributed by atoms with van der Waals surface area (Å²) in [4.78, 5) is 10.9. The highest BCUT2D eigenvalue weighted by atomic mass is 16.3. The number of benzene rings is 7. The van der Waals surface area contributed by atoms with Gasteiger partial charge in [-0.15, -0.1) is 0 Å². The van der Waals surface area contributed by atoms with Crippen LogP contribution in [0.15, 0.2) is 142 Å². The van der Waals surface area contributed by atoms with Crippen molar-refractivity contribution < 1.29 is 8.83 Å². The van der Waals surface area contributed by atoms with E-state index in [1.807, 2.05) is 18.2 Å². The Bertz CT molecular complexity index is 3450. The van der Waals surface area contributed by atoms with Crippen LogP contribution in [0.4, 0.5) is 0 Å². The largest absolute Gasteiger partial charge is 0.456 e. The second kappa shape index (κ2) is 8.56. The molecule has 0 fully saturated rings. The van der Waals surface area contributed by atoms with Crippen LogP contribution in [0.1, 0.15) is 0 Å². The molecule has 7 aromatic carbocycles. The van der Waals surface area contributed by atoms with Crippen molar-refractivity contribution in [2.24, 2.45) is 0 Å². The third-order valence-electron chi connectivity index (χ3n) is 10.9. The number of rotatable bonds is 2. The van der Waals surface area contributed by atoms with Gasteiger partial charge in [0.25, 0.3) is 0 Å². The third kappa shape index (κ3) is 2.85. The maximum atomic E-state index is 6.64. The van der Waals surface area contributed by atoms with Crippen LogP contribution in [0.5, 0.6) is 0 Å². The van der Waals surface area contributed by atoms with Crippen molar-refractivity contribution in [2.45, 2.75) is 0 Å². The summed E-state index contributed by atoms with van der Waals surface area (Å²) in [5.41, 5.74) is 10.6. The molecule has 0 saturated carbocycles. The van der Waals surface area contributed by atoms with Crippen molar-refractivity contribution in [3.05, 3.63) is 133 Å². The summed E-state index contributed by atoms with van der Waals surface area (Å²) in [6.45, 7) is 0. The van der Waals surface area contributed by atoms with Gasteiger partial charge in [0.05, 0.1) is 22.1 Å². The molecule has 0 bridgehead atoms. The molecule has 0 amide bonds. The van der Waals surface area contributed by atoms with Crippen molar-refractivity contribution in [1.29, 1.82) is 0 Å². The molecule has 5 heterocycles. The van der Waals surface area contributed by atoms with E-state index in [0.29, 0.717) is 17.3 Å². The zero-order chi connectivity index (χ0) is 32.2. The topological polar surface area (TPSA) is 61.9 Å². The Labute approximate surface area is 282 Å². The Balaban J connectivity index is 1.26. The highest BCUT2D eigenvalue weighted by Gasteiger charge is 2.28. The number of hydrogen-bond acceptors (Lipinski definition) is 4. The molecule has 0 atom stereocenters. The fraction of sp³-hybridized carbons (Fsp3) is 0. The average Bonchev–Trinajstić information content (AvgIpc) is 3.89. The van der Waals surface area contributed by atoms with E-state index in [4.69, 9.17) is 18.8 Å². The van der Waals surface area contributed by atoms with Gasteiger partial charge in [-0.05, 0) is 70.4 Å². The van der Waals surface area contributed by atoms with Gasteiger partial charge in [-0.1, -0.05) is 84.9 Å². The Kier molecular flexibility index (Phi) is 4.30. The van der Waals surface area contributed by atoms with Gasteiger partial charge in [-0.2, -0.15) is 4.98 Å². The lowest BCUT2D eigenvalue weighted by Crippen LogP contribution is -2.06. The summed E-state index contributed by atoms with van der Waals surface area (Å²) in [6.07, 6.45) is 0. The number of para-hydroxylation sites is 3. The predicted octanol–water partition coefficient (Wildman–Crippen LogP) is 11.6. The second-order valence-electron chi connectivity index (χ2n) is 13.3. The minimum Gasteiger partial charge on any atom is -0.456 e. The van der Waals surface area contributed by atoms with Gasteiger partial charge in [0.15, 0.2) is 11.4 Å². The number of aromatic nitrogens is 4. The summed E-state index contributed by atoms with van der Waals surface area (Å²) >= 11 is 0. The summed E-state index contributed by atoms with van der Waals surface area (Å²) in [6, 6.07) is 46.9. The number of nitrogens with zero attached hydrogens (tertiary/aromatic N) is 4. The molecule has 1 aliphatic carbocycles. The molecule has 13 rings (SSSR count). The van der Waals surface area contributed by atoms with E-state index in [2.05, 4.69) is 124 Å². The molecule has 12 aromatic rings. The Morgan fingerprint density at radius 2 is 1.04 bits per heavy atom. The van der Waals surface area contributed by atoms with Crippen molar-refractivity contribution in [2.75, 3.05) is 0 Å². The summed E-state index contributed by atoms with van der Waals surface area (Å²) in [5.74, 6) is 1.30. The lowest BCUT2D eigenvalue weighted by molar-refractivity contribution is 0.661. The fourth-order valence-electron chi connectivity index (χ4n) is 8.91. The standard InChI is InChI=1S/C44H22N4O2/c1-4-15-29-24(10-1)25-11-2-5-16-30(25)47(29)43-42-41(28-12-3-6-17-33(28)50-42)45-44(46-43)48-31-20-19-23-9-7-13-26-27-14-8-18-34-37(27)40-35(49-34)22-21-32(48)39(40)38(31)36(23)26/h1-22H. The molecule has 0 saturated heterocycles. The van der Waals surface area contributed by atoms with Gasteiger partial charge in [0.2, 0.25) is 5.95 Å². The normalized spacial score (nSPS) is 12.8. The van der Waals surface area contributed by atoms with Crippen LogP contribution >= 0.6 is 0 Å². The predicted molar refractivity (Wildman–Crippen MR) is 202 cm³/mol. The Hall–Kier alpha value is -6.92. The fourth-order valence-corrected chi connectivity index (χ4v) is 8.91. The van der Waals surface area contributed by atoms with Crippen molar-refractivity contribution in [3.63, 3.8) is 0 Å². The molecule has 0 radical (unpaired) electrons. The second-order valence-corrected chi connectivity index (χ2v) is 13.3. The van der Waals surface area contributed by atoms with Crippen LogP contribution in [-0.4, -0.2) is 19.1 Å². The first-order valence-electron chi connectivity index (χ1n) is 16.8. The van der Waals surface area contributed by atoms with Crippen LogP contribution in [0.25, 0.3) is 121 Å². The van der Waals surface area contributed by atoms with Crippen LogP contribution < -0.4 is 0 Å². The first-order valence-corrected chi connectivity index (χ1v) is 16.8. The molecule has 5 aromatic heterocycles. The molecular weight excluding hydrogens is 617 g/mol. The molecule has 0 aliphatic heterocycles. The van der Waals surface area contributed by atoms with Crippen LogP contribution in [0.3, 0.4) is 0 Å². The maximum Gasteiger partial charge on any atom is 0.237 e. The highest BCUT2D eigenvalue weighted by Crippen LogP contribution is 2.50. The monoisotopic (exact) mass is 638 g/mol. The minimum absolute atomic E-state index is 0.589. The molecule has 6 heteroatoms. The molecule has 1 aliphatic rings. The first-order chi connectivity index (χ1) is 24.8. The van der Waals surface area contributed by atoms with E-state index in [-0.39, 0.29) is 0 Å². The quantitative estimate of drug-likeness (QED) is 0.189. The van der Waals surface area contributed by atoms with E-state index >= 15 is 0 Å². The molecule has 0 N–H and O–H groups in total. The number of hydrogen-bond donors (Lipinski definition) is 0. The Morgan fingerprint density at radius 1 is 0.400 bits per heavy atom. The zero-order valence-corrected chi connectivity index (χ0v) is 26.3. The molecule has 0 spiro atoms. The number of furan rings is 2. The van der Waals surface area contributed by atoms with Crippen molar-refractivity contribution >= 4 is 98.4 Å². The van der Waals surface area contributed by atoms with E-state index in [1.54, 1.807) is 0 Å². The highest BCUT2D eigenvalue weighted by molar-refractivity contribution is 6.38. The van der Waals surface area contributed by atoms with Crippen molar-refractivity contribution in [3.8, 4) is 22.9 Å². The third-order valence-corrected chi connectivity index (χ3v) is 10.9. The smallest absolute Gasteiger partial charge is 0.237 e. The van der Waals surface area contributed by atoms with E-state index in [9.17, 15) is 0 Å². The van der Waals surface area contributed by atoms with Gasteiger partial charge in [-0.3, -0.25) is 9.13 Å². The average molecular weight is 639 g/mol. The molecule has 230 valence electrons. The first kappa shape index (κ1) is 25.1. The van der Waals surface area contributed by atoms with Crippen LogP contribution in [0, 0.1) is 0 Å². The Morgan fingerprint density at radius 3 is 1.86 bits per heavy atom. The van der Waals surface area contributed by atoms with E-state index < -0.39 is 0 Å². The van der Waals surface area contributed by atoms with E-state index in [0.717, 1.165) is 71.3 Å². The van der Waals surface area contributed by atoms with Gasteiger partial charge in [-0.25, -0.2) is 4.98 Å². The van der Waals surface area contributed by atoms with E-state index in [1.165, 1.54) is 32.7 Å². The number of fused-ring (bicyclic) bond motifs is 7. The molecule has 0 unspecified atom stereocenters. The summed E-state index contributed by atoms with van der Waals surface area (Å²) < 4.78 is 17.6. The van der Waals surface area contributed by atoms with Crippen molar-refractivity contribution in [1.82, 2.24) is 19.1 Å². The lowest BCUT2D eigenvalue weighted by Gasteiger charge is -2.12. The van der Waals surface area contributed by atoms with Gasteiger partial charge < -0.3 is 8.83 Å². The zero-order valence-electron chi connectivity index (χ0n) is 26.3. The molecule has 6 nitrogen and oxygen atoms in total. The van der Waals surface area contributed by atoms with Crippen LogP contribution in [-0.2, 0) is 0 Å². The maximum absolute atomic E-state index is 6.64.